The van der Waals surface area contributed by atoms with Crippen molar-refractivity contribution in [2.24, 2.45) is 0 Å². The van der Waals surface area contributed by atoms with Gasteiger partial charge in [-0.25, -0.2) is 0 Å². The van der Waals surface area contributed by atoms with Crippen LogP contribution >= 0.6 is 0 Å². The van der Waals surface area contributed by atoms with Crippen LogP contribution in [-0.4, -0.2) is 36.5 Å². The standard InChI is InChI=1S/C17H20N2O/c1-13-12-18-9-10-19(13)17(20)11-15-7-4-6-14-5-2-3-8-16(14)15/h2-8,13,18H,9-12H2,1H3/t13-/m0/s1. The number of carbonyl (C=O) groups excluding carboxylic acids is 1. The van der Waals surface area contributed by atoms with Gasteiger partial charge in [-0.15, -0.1) is 0 Å². The zero-order valence-electron chi connectivity index (χ0n) is 11.8. The van der Waals surface area contributed by atoms with Gasteiger partial charge in [0.15, 0.2) is 0 Å². The summed E-state index contributed by atoms with van der Waals surface area (Å²) >= 11 is 0. The number of nitrogens with zero attached hydrogens (tertiary/aromatic N) is 1. The van der Waals surface area contributed by atoms with Crippen molar-refractivity contribution in [3.05, 3.63) is 48.0 Å². The Hall–Kier alpha value is -1.87. The number of hydrogen-bond acceptors (Lipinski definition) is 2. The maximum atomic E-state index is 12.5. The fraction of sp³-hybridized carbons (Fsp3) is 0.353. The van der Waals surface area contributed by atoms with Crippen LogP contribution in [0.25, 0.3) is 10.8 Å². The summed E-state index contributed by atoms with van der Waals surface area (Å²) in [5, 5.41) is 5.71. The molecule has 3 heteroatoms. The lowest BCUT2D eigenvalue weighted by atomic mass is 10.0. The quantitative estimate of drug-likeness (QED) is 0.905. The van der Waals surface area contributed by atoms with Gasteiger partial charge in [-0.1, -0.05) is 42.5 Å². The first-order valence-corrected chi connectivity index (χ1v) is 7.22. The molecule has 0 aromatic heterocycles. The lowest BCUT2D eigenvalue weighted by Crippen LogP contribution is -2.52. The summed E-state index contributed by atoms with van der Waals surface area (Å²) in [7, 11) is 0. The van der Waals surface area contributed by atoms with Gasteiger partial charge >= 0.3 is 0 Å². The Morgan fingerprint density at radius 3 is 2.90 bits per heavy atom. The highest BCUT2D eigenvalue weighted by Gasteiger charge is 2.23. The molecule has 20 heavy (non-hydrogen) atoms. The smallest absolute Gasteiger partial charge is 0.227 e. The summed E-state index contributed by atoms with van der Waals surface area (Å²) < 4.78 is 0. The average Bonchev–Trinajstić information content (AvgIpc) is 2.48. The molecule has 0 aliphatic carbocycles. The van der Waals surface area contributed by atoms with Crippen LogP contribution in [0.4, 0.5) is 0 Å². The molecule has 0 bridgehead atoms. The van der Waals surface area contributed by atoms with Gasteiger partial charge in [0, 0.05) is 25.7 Å². The van der Waals surface area contributed by atoms with Gasteiger partial charge in [0.25, 0.3) is 0 Å². The van der Waals surface area contributed by atoms with Gasteiger partial charge in [-0.05, 0) is 23.3 Å². The molecule has 1 atom stereocenters. The van der Waals surface area contributed by atoms with Gasteiger partial charge < -0.3 is 10.2 Å². The number of piperazine rings is 1. The lowest BCUT2D eigenvalue weighted by molar-refractivity contribution is -0.133. The van der Waals surface area contributed by atoms with Crippen LogP contribution in [0.5, 0.6) is 0 Å². The molecule has 2 aromatic carbocycles. The molecule has 1 aliphatic heterocycles. The molecule has 2 aromatic rings. The molecule has 0 spiro atoms. The molecule has 1 fully saturated rings. The maximum absolute atomic E-state index is 12.5. The second kappa shape index (κ2) is 5.63. The van der Waals surface area contributed by atoms with Crippen molar-refractivity contribution in [1.29, 1.82) is 0 Å². The Morgan fingerprint density at radius 2 is 2.05 bits per heavy atom. The molecule has 3 rings (SSSR count). The first-order chi connectivity index (χ1) is 9.75. The van der Waals surface area contributed by atoms with Gasteiger partial charge in [-0.2, -0.15) is 0 Å². The van der Waals surface area contributed by atoms with Crippen molar-refractivity contribution < 1.29 is 4.79 Å². The first-order valence-electron chi connectivity index (χ1n) is 7.22. The molecule has 0 saturated carbocycles. The monoisotopic (exact) mass is 268 g/mol. The average molecular weight is 268 g/mol. The molecule has 0 unspecified atom stereocenters. The maximum Gasteiger partial charge on any atom is 0.227 e. The van der Waals surface area contributed by atoms with E-state index in [4.69, 9.17) is 0 Å². The summed E-state index contributed by atoms with van der Waals surface area (Å²) in [6, 6.07) is 14.7. The van der Waals surface area contributed by atoms with Crippen LogP contribution in [0.1, 0.15) is 12.5 Å². The highest BCUT2D eigenvalue weighted by Crippen LogP contribution is 2.20. The third-order valence-corrected chi connectivity index (χ3v) is 4.04. The molecular formula is C17H20N2O. The fourth-order valence-electron chi connectivity index (χ4n) is 2.92. The Balaban J connectivity index is 1.84. The number of rotatable bonds is 2. The topological polar surface area (TPSA) is 32.3 Å². The molecule has 1 saturated heterocycles. The van der Waals surface area contributed by atoms with Crippen LogP contribution in [0, 0.1) is 0 Å². The zero-order chi connectivity index (χ0) is 13.9. The van der Waals surface area contributed by atoms with E-state index in [-0.39, 0.29) is 11.9 Å². The SMILES string of the molecule is C[C@H]1CNCCN1C(=O)Cc1cccc2ccccc12. The summed E-state index contributed by atoms with van der Waals surface area (Å²) in [6.45, 7) is 4.70. The molecular weight excluding hydrogens is 248 g/mol. The van der Waals surface area contributed by atoms with E-state index in [1.165, 1.54) is 10.8 Å². The number of fused-ring (bicyclic) bond motifs is 1. The Kier molecular flexibility index (Phi) is 3.70. The van der Waals surface area contributed by atoms with Crippen LogP contribution in [0.2, 0.25) is 0 Å². The second-order valence-electron chi connectivity index (χ2n) is 5.46. The normalized spacial score (nSPS) is 19.2. The fourth-order valence-corrected chi connectivity index (χ4v) is 2.92. The molecule has 1 heterocycles. The molecule has 1 aliphatic rings. The van der Waals surface area contributed by atoms with E-state index in [1.54, 1.807) is 0 Å². The van der Waals surface area contributed by atoms with Crippen molar-refractivity contribution in [3.8, 4) is 0 Å². The van der Waals surface area contributed by atoms with E-state index in [9.17, 15) is 4.79 Å². The van der Waals surface area contributed by atoms with Crippen molar-refractivity contribution in [2.45, 2.75) is 19.4 Å². The number of benzene rings is 2. The van der Waals surface area contributed by atoms with Crippen LogP contribution < -0.4 is 5.32 Å². The highest BCUT2D eigenvalue weighted by atomic mass is 16.2. The third-order valence-electron chi connectivity index (χ3n) is 4.04. The van der Waals surface area contributed by atoms with Crippen molar-refractivity contribution in [3.63, 3.8) is 0 Å². The van der Waals surface area contributed by atoms with Crippen LogP contribution in [0.3, 0.4) is 0 Å². The predicted octanol–water partition coefficient (Wildman–Crippen LogP) is 2.20. The summed E-state index contributed by atoms with van der Waals surface area (Å²) in [5.74, 6) is 0.232. The summed E-state index contributed by atoms with van der Waals surface area (Å²) in [4.78, 5) is 14.5. The van der Waals surface area contributed by atoms with Crippen molar-refractivity contribution in [1.82, 2.24) is 10.2 Å². The zero-order valence-corrected chi connectivity index (χ0v) is 11.8. The lowest BCUT2D eigenvalue weighted by Gasteiger charge is -2.34. The molecule has 3 nitrogen and oxygen atoms in total. The number of nitrogens with one attached hydrogen (secondary N) is 1. The number of hydrogen-bond donors (Lipinski definition) is 1. The minimum absolute atomic E-state index is 0.232. The summed E-state index contributed by atoms with van der Waals surface area (Å²) in [6.07, 6.45) is 0.492. The number of carbonyl (C=O) groups is 1. The van der Waals surface area contributed by atoms with E-state index in [0.717, 1.165) is 25.2 Å². The van der Waals surface area contributed by atoms with Gasteiger partial charge in [0.1, 0.15) is 0 Å². The minimum Gasteiger partial charge on any atom is -0.337 e. The van der Waals surface area contributed by atoms with Gasteiger partial charge in [0.2, 0.25) is 5.91 Å². The van der Waals surface area contributed by atoms with E-state index < -0.39 is 0 Å². The van der Waals surface area contributed by atoms with E-state index in [2.05, 4.69) is 36.5 Å². The third kappa shape index (κ3) is 2.54. The molecule has 0 radical (unpaired) electrons. The highest BCUT2D eigenvalue weighted by molar-refractivity contribution is 5.90. The predicted molar refractivity (Wildman–Crippen MR) is 81.7 cm³/mol. The van der Waals surface area contributed by atoms with E-state index in [1.807, 2.05) is 23.1 Å². The van der Waals surface area contributed by atoms with Crippen molar-refractivity contribution in [2.75, 3.05) is 19.6 Å². The molecule has 1 amide bonds. The molecule has 1 N–H and O–H groups in total. The Morgan fingerprint density at radius 1 is 1.25 bits per heavy atom. The van der Waals surface area contributed by atoms with Crippen LogP contribution in [-0.2, 0) is 11.2 Å². The second-order valence-corrected chi connectivity index (χ2v) is 5.46. The first kappa shape index (κ1) is 13.1. The molecule has 104 valence electrons. The van der Waals surface area contributed by atoms with Gasteiger partial charge in [-0.3, -0.25) is 4.79 Å². The minimum atomic E-state index is 0.232. The Bertz CT molecular complexity index is 618. The van der Waals surface area contributed by atoms with Crippen molar-refractivity contribution >= 4 is 16.7 Å². The largest absolute Gasteiger partial charge is 0.337 e. The van der Waals surface area contributed by atoms with Gasteiger partial charge in [0.05, 0.1) is 6.42 Å². The Labute approximate surface area is 119 Å². The number of amides is 1. The van der Waals surface area contributed by atoms with Crippen LogP contribution in [0.15, 0.2) is 42.5 Å². The van der Waals surface area contributed by atoms with E-state index >= 15 is 0 Å². The van der Waals surface area contributed by atoms with E-state index in [0.29, 0.717) is 6.42 Å². The summed E-state index contributed by atoms with van der Waals surface area (Å²) in [5.41, 5.74) is 1.12.